The summed E-state index contributed by atoms with van der Waals surface area (Å²) in [5, 5.41) is 0. The molecule has 0 heterocycles. The summed E-state index contributed by atoms with van der Waals surface area (Å²) in [4.78, 5) is 0. The van der Waals surface area contributed by atoms with Gasteiger partial charge in [-0.05, 0) is 0 Å². The van der Waals surface area contributed by atoms with Crippen LogP contribution in [-0.2, 0) is 4.74 Å². The van der Waals surface area contributed by atoms with Crippen molar-refractivity contribution in [3.8, 4) is 0 Å². The molecule has 7 heavy (non-hydrogen) atoms. The minimum Gasteiger partial charge on any atom is -0.383 e. The van der Waals surface area contributed by atoms with Crippen LogP contribution in [0.5, 0.6) is 0 Å². The molecule has 0 fully saturated rings. The van der Waals surface area contributed by atoms with Crippen LogP contribution in [0.15, 0.2) is 0 Å². The molecule has 0 aromatic carbocycles. The van der Waals surface area contributed by atoms with E-state index < -0.39 is 0 Å². The van der Waals surface area contributed by atoms with Crippen molar-refractivity contribution in [1.29, 1.82) is 0 Å². The summed E-state index contributed by atoms with van der Waals surface area (Å²) >= 11 is 0. The summed E-state index contributed by atoms with van der Waals surface area (Å²) in [5.41, 5.74) is 10.5. The molecule has 1 atom stereocenters. The molecule has 0 radical (unpaired) electrons. The van der Waals surface area contributed by atoms with E-state index in [1.54, 1.807) is 7.11 Å². The standard InChI is InChI=1S/C4H12N2O/c1-7-3-4(6)2-5/h4H,2-3,5-6H2,1H3/t4-/m1/s1. The molecule has 0 rings (SSSR count). The summed E-state index contributed by atoms with van der Waals surface area (Å²) in [6.07, 6.45) is 0. The van der Waals surface area contributed by atoms with Crippen LogP contribution < -0.4 is 11.5 Å². The quantitative estimate of drug-likeness (QED) is 0.478. The van der Waals surface area contributed by atoms with E-state index in [9.17, 15) is 0 Å². The summed E-state index contributed by atoms with van der Waals surface area (Å²) in [6, 6.07) is 0.00463. The zero-order valence-corrected chi connectivity index (χ0v) is 4.55. The Morgan fingerprint density at radius 2 is 2.29 bits per heavy atom. The molecular formula is C4H12N2O. The van der Waals surface area contributed by atoms with Gasteiger partial charge in [-0.3, -0.25) is 0 Å². The summed E-state index contributed by atoms with van der Waals surface area (Å²) in [5.74, 6) is 0. The first kappa shape index (κ1) is 6.88. The Morgan fingerprint density at radius 1 is 1.71 bits per heavy atom. The highest BCUT2D eigenvalue weighted by Crippen LogP contribution is 1.71. The monoisotopic (exact) mass is 104 g/mol. The Hall–Kier alpha value is -0.120. The zero-order chi connectivity index (χ0) is 5.70. The molecule has 4 N–H and O–H groups in total. The molecule has 0 aliphatic heterocycles. The van der Waals surface area contributed by atoms with Crippen LogP contribution in [0, 0.1) is 0 Å². The van der Waals surface area contributed by atoms with Crippen LogP contribution in [-0.4, -0.2) is 26.3 Å². The van der Waals surface area contributed by atoms with Gasteiger partial charge in [0.15, 0.2) is 0 Å². The highest BCUT2D eigenvalue weighted by Gasteiger charge is 1.93. The zero-order valence-electron chi connectivity index (χ0n) is 4.55. The molecule has 0 saturated heterocycles. The number of methoxy groups -OCH3 is 1. The van der Waals surface area contributed by atoms with Crippen molar-refractivity contribution in [3.05, 3.63) is 0 Å². The number of hydrogen-bond acceptors (Lipinski definition) is 3. The molecule has 0 aromatic heterocycles. The van der Waals surface area contributed by atoms with Gasteiger partial charge in [-0.25, -0.2) is 0 Å². The van der Waals surface area contributed by atoms with Crippen molar-refractivity contribution in [1.82, 2.24) is 0 Å². The van der Waals surface area contributed by atoms with Crippen LogP contribution in [0.3, 0.4) is 0 Å². The Kier molecular flexibility index (Phi) is 3.98. The molecule has 3 nitrogen and oxygen atoms in total. The van der Waals surface area contributed by atoms with Gasteiger partial charge in [0.2, 0.25) is 0 Å². The van der Waals surface area contributed by atoms with Gasteiger partial charge in [-0.1, -0.05) is 0 Å². The molecule has 0 spiro atoms. The van der Waals surface area contributed by atoms with Crippen LogP contribution in [0.4, 0.5) is 0 Å². The first-order valence-corrected chi connectivity index (χ1v) is 2.26. The average Bonchev–Trinajstić information content (AvgIpc) is 1.68. The molecule has 44 valence electrons. The average molecular weight is 104 g/mol. The van der Waals surface area contributed by atoms with E-state index in [4.69, 9.17) is 11.5 Å². The highest BCUT2D eigenvalue weighted by atomic mass is 16.5. The molecule has 0 saturated carbocycles. The van der Waals surface area contributed by atoms with Gasteiger partial charge in [0, 0.05) is 19.7 Å². The van der Waals surface area contributed by atoms with Gasteiger partial charge in [-0.15, -0.1) is 0 Å². The lowest BCUT2D eigenvalue weighted by molar-refractivity contribution is 0.182. The third-order valence-electron chi connectivity index (χ3n) is 0.683. The Morgan fingerprint density at radius 3 is 2.43 bits per heavy atom. The van der Waals surface area contributed by atoms with Crippen LogP contribution in [0.2, 0.25) is 0 Å². The van der Waals surface area contributed by atoms with E-state index in [1.165, 1.54) is 0 Å². The largest absolute Gasteiger partial charge is 0.383 e. The van der Waals surface area contributed by atoms with Gasteiger partial charge in [0.1, 0.15) is 0 Å². The Balaban J connectivity index is 2.83. The van der Waals surface area contributed by atoms with Crippen molar-refractivity contribution in [2.75, 3.05) is 20.3 Å². The maximum Gasteiger partial charge on any atom is 0.0626 e. The number of ether oxygens (including phenoxy) is 1. The third kappa shape index (κ3) is 3.72. The molecule has 0 aromatic rings. The van der Waals surface area contributed by atoms with Crippen molar-refractivity contribution in [2.45, 2.75) is 6.04 Å². The van der Waals surface area contributed by atoms with Crippen LogP contribution in [0.25, 0.3) is 0 Å². The fourth-order valence-electron chi connectivity index (χ4n) is 0.282. The van der Waals surface area contributed by atoms with Gasteiger partial charge in [0.25, 0.3) is 0 Å². The molecule has 0 aliphatic carbocycles. The lowest BCUT2D eigenvalue weighted by Gasteiger charge is -2.03. The van der Waals surface area contributed by atoms with Crippen molar-refractivity contribution in [2.24, 2.45) is 11.5 Å². The van der Waals surface area contributed by atoms with E-state index in [0.717, 1.165) is 0 Å². The lowest BCUT2D eigenvalue weighted by atomic mass is 10.3. The molecule has 0 amide bonds. The minimum absolute atomic E-state index is 0.00463. The molecule has 0 aliphatic rings. The molecule has 3 heteroatoms. The fourth-order valence-corrected chi connectivity index (χ4v) is 0.282. The van der Waals surface area contributed by atoms with Crippen molar-refractivity contribution in [3.63, 3.8) is 0 Å². The highest BCUT2D eigenvalue weighted by molar-refractivity contribution is 4.57. The van der Waals surface area contributed by atoms with E-state index in [1.807, 2.05) is 0 Å². The SMILES string of the molecule is COC[C@H](N)CN. The number of nitrogens with two attached hydrogens (primary N) is 2. The smallest absolute Gasteiger partial charge is 0.0626 e. The van der Waals surface area contributed by atoms with E-state index in [2.05, 4.69) is 4.74 Å². The first-order chi connectivity index (χ1) is 3.31. The fraction of sp³-hybridized carbons (Fsp3) is 1.00. The first-order valence-electron chi connectivity index (χ1n) is 2.26. The van der Waals surface area contributed by atoms with Crippen molar-refractivity contribution < 1.29 is 4.74 Å². The summed E-state index contributed by atoms with van der Waals surface area (Å²) in [7, 11) is 1.61. The van der Waals surface area contributed by atoms with Gasteiger partial charge in [-0.2, -0.15) is 0 Å². The second kappa shape index (κ2) is 4.05. The van der Waals surface area contributed by atoms with E-state index in [-0.39, 0.29) is 6.04 Å². The predicted molar refractivity (Wildman–Crippen MR) is 28.9 cm³/mol. The number of rotatable bonds is 3. The van der Waals surface area contributed by atoms with E-state index in [0.29, 0.717) is 13.2 Å². The second-order valence-electron chi connectivity index (χ2n) is 1.45. The van der Waals surface area contributed by atoms with Crippen LogP contribution >= 0.6 is 0 Å². The normalized spacial score (nSPS) is 14.1. The number of hydrogen-bond donors (Lipinski definition) is 2. The van der Waals surface area contributed by atoms with Crippen molar-refractivity contribution >= 4 is 0 Å². The van der Waals surface area contributed by atoms with Crippen LogP contribution in [0.1, 0.15) is 0 Å². The lowest BCUT2D eigenvalue weighted by Crippen LogP contribution is -2.33. The summed E-state index contributed by atoms with van der Waals surface area (Å²) in [6.45, 7) is 1.05. The molecule has 0 unspecified atom stereocenters. The summed E-state index contributed by atoms with van der Waals surface area (Å²) < 4.78 is 4.69. The molecular weight excluding hydrogens is 92.1 g/mol. The Bertz CT molecular complexity index is 40.7. The molecule has 0 bridgehead atoms. The van der Waals surface area contributed by atoms with Gasteiger partial charge >= 0.3 is 0 Å². The Labute approximate surface area is 43.6 Å². The van der Waals surface area contributed by atoms with Gasteiger partial charge < -0.3 is 16.2 Å². The third-order valence-corrected chi connectivity index (χ3v) is 0.683. The van der Waals surface area contributed by atoms with E-state index >= 15 is 0 Å². The predicted octanol–water partition coefficient (Wildman–Crippen LogP) is -1.08. The van der Waals surface area contributed by atoms with Gasteiger partial charge in [0.05, 0.1) is 6.61 Å². The minimum atomic E-state index is 0.00463. The maximum absolute atomic E-state index is 5.33. The second-order valence-corrected chi connectivity index (χ2v) is 1.45. The maximum atomic E-state index is 5.33. The topological polar surface area (TPSA) is 61.3 Å².